The van der Waals surface area contributed by atoms with Crippen molar-refractivity contribution in [2.24, 2.45) is 5.73 Å². The van der Waals surface area contributed by atoms with Crippen LogP contribution in [-0.2, 0) is 9.53 Å². The Morgan fingerprint density at radius 3 is 3.07 bits per heavy atom. The van der Waals surface area contributed by atoms with Gasteiger partial charge in [-0.25, -0.2) is 9.97 Å². The van der Waals surface area contributed by atoms with Crippen LogP contribution in [0.25, 0.3) is 5.70 Å². The number of fused-ring (bicyclic) bond motifs is 1. The van der Waals surface area contributed by atoms with Gasteiger partial charge in [0.2, 0.25) is 17.7 Å². The van der Waals surface area contributed by atoms with Crippen molar-refractivity contribution < 1.29 is 14.3 Å². The summed E-state index contributed by atoms with van der Waals surface area (Å²) in [4.78, 5) is 22.4. The van der Waals surface area contributed by atoms with Crippen molar-refractivity contribution in [3.05, 3.63) is 47.6 Å². The Morgan fingerprint density at radius 2 is 2.24 bits per heavy atom. The predicted molar refractivity (Wildman–Crippen MR) is 109 cm³/mol. The van der Waals surface area contributed by atoms with Crippen molar-refractivity contribution >= 4 is 23.2 Å². The van der Waals surface area contributed by atoms with Crippen LogP contribution in [0, 0.1) is 6.92 Å². The molecule has 2 aliphatic heterocycles. The number of nitrogens with zero attached hydrogens (tertiary/aromatic N) is 3. The zero-order valence-corrected chi connectivity index (χ0v) is 16.3. The van der Waals surface area contributed by atoms with Crippen molar-refractivity contribution in [2.75, 3.05) is 43.5 Å². The number of morpholine rings is 1. The van der Waals surface area contributed by atoms with Crippen molar-refractivity contribution in [1.29, 1.82) is 0 Å². The molecule has 1 aromatic heterocycles. The van der Waals surface area contributed by atoms with Crippen molar-refractivity contribution in [3.63, 3.8) is 0 Å². The maximum absolute atomic E-state index is 11.7. The number of carbonyl (C=O) groups is 1. The summed E-state index contributed by atoms with van der Waals surface area (Å²) in [6, 6.07) is 7.63. The monoisotopic (exact) mass is 396 g/mol. The Balaban J connectivity index is 1.39. The Kier molecular flexibility index (Phi) is 5.48. The molecule has 4 N–H and O–H groups in total. The third-order valence-electron chi connectivity index (χ3n) is 4.79. The van der Waals surface area contributed by atoms with Crippen LogP contribution in [-0.4, -0.2) is 53.6 Å². The number of amides is 1. The van der Waals surface area contributed by atoms with Gasteiger partial charge < -0.3 is 30.7 Å². The fraction of sp³-hybridized carbons (Fsp3) is 0.350. The molecule has 1 aromatic carbocycles. The topological polar surface area (TPSA) is 115 Å². The molecule has 1 saturated heterocycles. The number of nitrogens with two attached hydrogens (primary N) is 1. The lowest BCUT2D eigenvalue weighted by molar-refractivity contribution is -0.142. The lowest BCUT2D eigenvalue weighted by atomic mass is 10.2. The summed E-state index contributed by atoms with van der Waals surface area (Å²) in [6.07, 6.45) is 2.51. The van der Waals surface area contributed by atoms with E-state index in [2.05, 4.69) is 20.6 Å². The molecule has 3 heterocycles. The van der Waals surface area contributed by atoms with Gasteiger partial charge in [-0.05, 0) is 31.0 Å². The lowest BCUT2D eigenvalue weighted by Crippen LogP contribution is -2.42. The number of hydrogen-bond acceptors (Lipinski definition) is 8. The second-order valence-electron chi connectivity index (χ2n) is 6.90. The van der Waals surface area contributed by atoms with Gasteiger partial charge in [-0.2, -0.15) is 0 Å². The number of hydrogen-bond donors (Lipinski definition) is 3. The second-order valence-corrected chi connectivity index (χ2v) is 6.90. The molecule has 4 rings (SSSR count). The fourth-order valence-electron chi connectivity index (χ4n) is 3.20. The molecular formula is C20H24N6O3. The zero-order chi connectivity index (χ0) is 20.2. The van der Waals surface area contributed by atoms with E-state index in [1.807, 2.05) is 36.1 Å². The summed E-state index contributed by atoms with van der Waals surface area (Å²) >= 11 is 0. The van der Waals surface area contributed by atoms with Crippen LogP contribution in [0.3, 0.4) is 0 Å². The van der Waals surface area contributed by atoms with Crippen LogP contribution in [0.15, 0.2) is 36.3 Å². The van der Waals surface area contributed by atoms with Gasteiger partial charge >= 0.3 is 0 Å². The number of aryl methyl sites for hydroxylation is 1. The van der Waals surface area contributed by atoms with Crippen LogP contribution in [0.5, 0.6) is 5.75 Å². The molecule has 2 aliphatic rings. The maximum Gasteiger partial charge on any atom is 0.248 e. The minimum Gasteiger partial charge on any atom is -0.437 e. The first-order valence-electron chi connectivity index (χ1n) is 9.59. The molecule has 0 unspecified atom stereocenters. The van der Waals surface area contributed by atoms with Gasteiger partial charge in [0, 0.05) is 25.8 Å². The summed E-state index contributed by atoms with van der Waals surface area (Å²) in [5.74, 6) is 1.71. The first kappa shape index (κ1) is 19.0. The number of nitrogens with one attached hydrogen (secondary N) is 2. The van der Waals surface area contributed by atoms with Crippen LogP contribution < -0.4 is 21.1 Å². The van der Waals surface area contributed by atoms with Gasteiger partial charge in [-0.3, -0.25) is 4.79 Å². The van der Waals surface area contributed by atoms with E-state index in [1.165, 1.54) is 0 Å². The van der Waals surface area contributed by atoms with E-state index < -0.39 is 0 Å². The summed E-state index contributed by atoms with van der Waals surface area (Å²) < 4.78 is 10.9. The van der Waals surface area contributed by atoms with E-state index >= 15 is 0 Å². The molecule has 1 fully saturated rings. The van der Waals surface area contributed by atoms with E-state index in [1.54, 1.807) is 6.20 Å². The molecule has 152 valence electrons. The van der Waals surface area contributed by atoms with Gasteiger partial charge in [0.25, 0.3) is 0 Å². The van der Waals surface area contributed by atoms with E-state index in [9.17, 15) is 4.79 Å². The van der Waals surface area contributed by atoms with Crippen molar-refractivity contribution in [1.82, 2.24) is 14.9 Å². The average molecular weight is 396 g/mol. The molecule has 0 atom stereocenters. The number of benzene rings is 1. The third-order valence-corrected chi connectivity index (χ3v) is 4.79. The van der Waals surface area contributed by atoms with Crippen LogP contribution in [0.2, 0.25) is 0 Å². The van der Waals surface area contributed by atoms with Gasteiger partial charge in [0.05, 0.1) is 18.0 Å². The number of aromatic nitrogens is 2. The molecule has 0 spiro atoms. The Hall–Kier alpha value is -3.33. The standard InChI is InChI=1S/C20H24N6O3/c1-13-11-23-20(22-7-4-8-26-9-10-28-12-16(26)27)25-18(13)17(21)19-24-14-5-2-3-6-15(14)29-19/h2-3,5-6,11,24H,4,7-10,12,21H2,1H3,(H,22,23,25)/b19-17+. The quantitative estimate of drug-likeness (QED) is 0.630. The highest BCUT2D eigenvalue weighted by Gasteiger charge is 2.21. The number of rotatable bonds is 6. The minimum atomic E-state index is 0.0366. The summed E-state index contributed by atoms with van der Waals surface area (Å²) in [5, 5.41) is 6.37. The normalized spacial score (nSPS) is 17.4. The predicted octanol–water partition coefficient (Wildman–Crippen LogP) is 1.54. The van der Waals surface area contributed by atoms with Gasteiger partial charge in [0.1, 0.15) is 12.3 Å². The molecule has 9 heteroatoms. The second kappa shape index (κ2) is 8.36. The fourth-order valence-corrected chi connectivity index (χ4v) is 3.20. The van der Waals surface area contributed by atoms with Gasteiger partial charge in [-0.1, -0.05) is 12.1 Å². The highest BCUT2D eigenvalue weighted by molar-refractivity contribution is 5.78. The van der Waals surface area contributed by atoms with Gasteiger partial charge in [0.15, 0.2) is 5.75 Å². The summed E-state index contributed by atoms with van der Waals surface area (Å²) in [5.41, 5.74) is 9.08. The molecule has 29 heavy (non-hydrogen) atoms. The number of ether oxygens (including phenoxy) is 2. The SMILES string of the molecule is Cc1cnc(NCCCN2CCOCC2=O)nc1/C(N)=C1/Nc2ccccc2O1. The Bertz CT molecular complexity index is 919. The number of para-hydroxylation sites is 2. The number of carbonyl (C=O) groups excluding carboxylic acids is 1. The summed E-state index contributed by atoms with van der Waals surface area (Å²) in [6.45, 7) is 4.63. The lowest BCUT2D eigenvalue weighted by Gasteiger charge is -2.26. The van der Waals surface area contributed by atoms with Crippen LogP contribution in [0.4, 0.5) is 11.6 Å². The first-order chi connectivity index (χ1) is 14.1. The molecular weight excluding hydrogens is 372 g/mol. The van der Waals surface area contributed by atoms with Crippen molar-refractivity contribution in [2.45, 2.75) is 13.3 Å². The third kappa shape index (κ3) is 4.24. The molecule has 0 aliphatic carbocycles. The summed E-state index contributed by atoms with van der Waals surface area (Å²) in [7, 11) is 0. The molecule has 2 aromatic rings. The maximum atomic E-state index is 11.7. The Labute approximate surface area is 168 Å². The molecule has 9 nitrogen and oxygen atoms in total. The molecule has 0 saturated carbocycles. The zero-order valence-electron chi connectivity index (χ0n) is 16.3. The molecule has 1 amide bonds. The van der Waals surface area contributed by atoms with Crippen LogP contribution >= 0.6 is 0 Å². The number of anilines is 2. The highest BCUT2D eigenvalue weighted by atomic mass is 16.5. The van der Waals surface area contributed by atoms with E-state index in [-0.39, 0.29) is 12.5 Å². The van der Waals surface area contributed by atoms with Crippen LogP contribution in [0.1, 0.15) is 17.7 Å². The highest BCUT2D eigenvalue weighted by Crippen LogP contribution is 2.34. The van der Waals surface area contributed by atoms with Crippen molar-refractivity contribution in [3.8, 4) is 5.75 Å². The van der Waals surface area contributed by atoms with Gasteiger partial charge in [-0.15, -0.1) is 0 Å². The first-order valence-corrected chi connectivity index (χ1v) is 9.59. The Morgan fingerprint density at radius 1 is 1.38 bits per heavy atom. The smallest absolute Gasteiger partial charge is 0.248 e. The van der Waals surface area contributed by atoms with E-state index in [0.717, 1.165) is 23.4 Å². The average Bonchev–Trinajstić information content (AvgIpc) is 3.17. The molecule has 0 radical (unpaired) electrons. The minimum absolute atomic E-state index is 0.0366. The van der Waals surface area contributed by atoms with E-state index in [4.69, 9.17) is 15.2 Å². The van der Waals surface area contributed by atoms with E-state index in [0.29, 0.717) is 49.5 Å². The molecule has 0 bridgehead atoms. The largest absolute Gasteiger partial charge is 0.437 e.